The molecule has 0 bridgehead atoms. The molecule has 1 rings (SSSR count). The Morgan fingerprint density at radius 1 is 1.57 bits per heavy atom. The number of carbonyl (C=O) groups excluding carboxylic acids is 1. The molecule has 0 aromatic carbocycles. The Bertz CT molecular complexity index is 320. The minimum Gasteiger partial charge on any atom is -0.662 e. The molecule has 0 radical (unpaired) electrons. The number of nitrogens with zero attached hydrogens (tertiary/aromatic N) is 1. The number of aromatic amines is 1. The smallest absolute Gasteiger partial charge is 0.662 e. The molecule has 1 heterocycles. The fraction of sp³-hybridized carbons (Fsp3) is 0.556. The average Bonchev–Trinajstić information content (AvgIpc) is 2.46. The van der Waals surface area contributed by atoms with Crippen molar-refractivity contribution in [2.75, 3.05) is 0 Å². The maximum Gasteiger partial charge on any atom is 1.00 e. The van der Waals surface area contributed by atoms with Crippen molar-refractivity contribution in [3.05, 3.63) is 22.7 Å². The number of carbonyl (C=O) groups is 1. The van der Waals surface area contributed by atoms with Crippen LogP contribution in [0.25, 0.3) is 5.73 Å². The topological polar surface area (TPSA) is 69.6 Å². The van der Waals surface area contributed by atoms with Gasteiger partial charge >= 0.3 is 58.2 Å². The summed E-state index contributed by atoms with van der Waals surface area (Å²) in [5, 5.41) is 6.64. The van der Waals surface area contributed by atoms with Crippen molar-refractivity contribution in [3.8, 4) is 0 Å². The van der Waals surface area contributed by atoms with Gasteiger partial charge in [-0.2, -0.15) is 5.10 Å². The first-order valence-corrected chi connectivity index (χ1v) is 4.41. The molecule has 0 atom stereocenters. The Morgan fingerprint density at radius 3 is 2.50 bits per heavy atom. The third kappa shape index (κ3) is 2.99. The molecule has 0 aliphatic heterocycles. The van der Waals surface area contributed by atoms with Crippen LogP contribution in [0.5, 0.6) is 0 Å². The third-order valence-electron chi connectivity index (χ3n) is 2.03. The molecule has 1 aromatic rings. The number of H-pyrrole nitrogens is 1. The number of nitrogens with one attached hydrogen (secondary N) is 2. The first-order chi connectivity index (χ1) is 6.07. The van der Waals surface area contributed by atoms with Crippen LogP contribution >= 0.6 is 0 Å². The summed E-state index contributed by atoms with van der Waals surface area (Å²) in [6.45, 7) is 5.99. The molecule has 14 heavy (non-hydrogen) atoms. The minimum absolute atomic E-state index is 0. The molecule has 1 amide bonds. The number of amides is 1. The molecular weight excluding hydrogens is 252 g/mol. The van der Waals surface area contributed by atoms with Gasteiger partial charge in [-0.15, -0.1) is 0 Å². The van der Waals surface area contributed by atoms with E-state index in [0.717, 1.165) is 17.7 Å². The van der Waals surface area contributed by atoms with Crippen molar-refractivity contribution in [1.29, 1.82) is 0 Å². The first kappa shape index (κ1) is 14.5. The van der Waals surface area contributed by atoms with E-state index < -0.39 is 5.91 Å². The summed E-state index contributed by atoms with van der Waals surface area (Å²) in [4.78, 5) is 10.9. The second-order valence-corrected chi connectivity index (χ2v) is 3.30. The predicted octanol–water partition coefficient (Wildman–Crippen LogP) is -0.708. The van der Waals surface area contributed by atoms with Gasteiger partial charge in [-0.25, -0.2) is 0 Å². The number of hydrogen-bond acceptors (Lipinski definition) is 2. The maximum absolute atomic E-state index is 10.9. The van der Waals surface area contributed by atoms with Crippen molar-refractivity contribution in [1.82, 2.24) is 10.2 Å². The first-order valence-electron chi connectivity index (χ1n) is 4.41. The van der Waals surface area contributed by atoms with Crippen molar-refractivity contribution in [3.63, 3.8) is 0 Å². The summed E-state index contributed by atoms with van der Waals surface area (Å²) in [6, 6.07) is 0. The van der Waals surface area contributed by atoms with Crippen LogP contribution in [0.3, 0.4) is 0 Å². The molecule has 2 N–H and O–H groups in total. The Kier molecular flexibility index (Phi) is 6.36. The van der Waals surface area contributed by atoms with Crippen LogP contribution in [0.1, 0.15) is 48.4 Å². The van der Waals surface area contributed by atoms with Crippen LogP contribution in [0, 0.1) is 0 Å². The van der Waals surface area contributed by atoms with Crippen molar-refractivity contribution < 1.29 is 63.0 Å². The molecule has 0 spiro atoms. The van der Waals surface area contributed by atoms with E-state index in [9.17, 15) is 4.79 Å². The van der Waals surface area contributed by atoms with E-state index in [1.807, 2.05) is 20.8 Å². The van der Waals surface area contributed by atoms with Gasteiger partial charge in [-0.3, -0.25) is 5.10 Å². The van der Waals surface area contributed by atoms with Gasteiger partial charge in [-0.1, -0.05) is 20.8 Å². The van der Waals surface area contributed by atoms with Crippen LogP contribution < -0.4 is 58.2 Å². The number of hydrogen-bond donors (Lipinski definition) is 1. The van der Waals surface area contributed by atoms with Gasteiger partial charge in [0, 0.05) is 11.3 Å². The molecule has 1 aromatic heterocycles. The zero-order valence-electron chi connectivity index (χ0n) is 9.14. The van der Waals surface area contributed by atoms with Crippen molar-refractivity contribution in [2.24, 2.45) is 0 Å². The molecule has 0 aliphatic carbocycles. The van der Waals surface area contributed by atoms with E-state index in [-0.39, 0.29) is 69.8 Å². The number of aryl methyl sites for hydroxylation is 1. The van der Waals surface area contributed by atoms with E-state index in [2.05, 4.69) is 10.2 Å². The fourth-order valence-electron chi connectivity index (χ4n) is 1.45. The maximum atomic E-state index is 10.9. The van der Waals surface area contributed by atoms with Crippen LogP contribution in [0.2, 0.25) is 0 Å². The van der Waals surface area contributed by atoms with Crippen molar-refractivity contribution in [2.45, 2.75) is 33.1 Å². The molecule has 72 valence electrons. The zero-order valence-corrected chi connectivity index (χ0v) is 14.1. The van der Waals surface area contributed by atoms with E-state index in [1.165, 1.54) is 0 Å². The molecule has 0 aliphatic rings. The average molecular weight is 266 g/mol. The Morgan fingerprint density at radius 2 is 2.14 bits per heavy atom. The standard InChI is InChI=1S/C9H15N3O.Rb/c1-4-6-7(5(2)3)8(9(10)13)12-11-6;/h5H,4H2,1-3H3,(H3,10,11,12,13);/q;+1/p-1. The van der Waals surface area contributed by atoms with Gasteiger partial charge in [-0.05, 0) is 12.3 Å². The second-order valence-electron chi connectivity index (χ2n) is 3.30. The van der Waals surface area contributed by atoms with Gasteiger partial charge in [0.05, 0.1) is 0 Å². The largest absolute Gasteiger partial charge is 1.00 e. The molecule has 0 fully saturated rings. The molecule has 5 heteroatoms. The molecule has 4 nitrogen and oxygen atoms in total. The summed E-state index contributed by atoms with van der Waals surface area (Å²) in [5.41, 5.74) is 9.14. The summed E-state index contributed by atoms with van der Waals surface area (Å²) in [7, 11) is 0. The van der Waals surface area contributed by atoms with E-state index in [1.54, 1.807) is 0 Å². The Hall–Kier alpha value is 0.485. The Labute approximate surface area is 133 Å². The van der Waals surface area contributed by atoms with Gasteiger partial charge in [0.25, 0.3) is 0 Å². The van der Waals surface area contributed by atoms with E-state index >= 15 is 0 Å². The van der Waals surface area contributed by atoms with Crippen LogP contribution in [0.15, 0.2) is 0 Å². The molecular formula is C9H14N3ORb. The molecule has 0 saturated heterocycles. The normalized spacial score (nSPS) is 10.0. The van der Waals surface area contributed by atoms with Gasteiger partial charge in [0.2, 0.25) is 0 Å². The number of rotatable bonds is 3. The zero-order chi connectivity index (χ0) is 10.0. The van der Waals surface area contributed by atoms with Crippen LogP contribution in [-0.4, -0.2) is 16.1 Å². The van der Waals surface area contributed by atoms with Gasteiger partial charge < -0.3 is 10.5 Å². The molecule has 0 saturated carbocycles. The summed E-state index contributed by atoms with van der Waals surface area (Å²) in [6.07, 6.45) is 0.813. The van der Waals surface area contributed by atoms with E-state index in [0.29, 0.717) is 0 Å². The fourth-order valence-corrected chi connectivity index (χ4v) is 1.45. The second kappa shape index (κ2) is 6.15. The predicted molar refractivity (Wildman–Crippen MR) is 50.7 cm³/mol. The quantitative estimate of drug-likeness (QED) is 0.785. The van der Waals surface area contributed by atoms with E-state index in [4.69, 9.17) is 5.73 Å². The number of aromatic nitrogens is 2. The van der Waals surface area contributed by atoms with Crippen LogP contribution in [0.4, 0.5) is 0 Å². The summed E-state index contributed by atoms with van der Waals surface area (Å²) >= 11 is 0. The van der Waals surface area contributed by atoms with Gasteiger partial charge in [0.1, 0.15) is 11.6 Å². The summed E-state index contributed by atoms with van der Waals surface area (Å²) < 4.78 is 0. The van der Waals surface area contributed by atoms with Crippen LogP contribution in [-0.2, 0) is 6.42 Å². The van der Waals surface area contributed by atoms with Gasteiger partial charge in [0.15, 0.2) is 0 Å². The SMILES string of the molecule is CCc1[nH]nc(C([NH-])=O)c1C(C)C.[Rb+]. The summed E-state index contributed by atoms with van der Waals surface area (Å²) in [5.74, 6) is -0.474. The monoisotopic (exact) mass is 265 g/mol. The molecule has 0 unspecified atom stereocenters. The third-order valence-corrected chi connectivity index (χ3v) is 2.03. The minimum atomic E-state index is -0.709. The van der Waals surface area contributed by atoms with Crippen molar-refractivity contribution >= 4 is 5.91 Å². The Balaban J connectivity index is 0.00000169.